The van der Waals surface area contributed by atoms with Gasteiger partial charge in [-0.05, 0) is 12.1 Å². The molecule has 8 heteroatoms. The highest BCUT2D eigenvalue weighted by molar-refractivity contribution is 7.17. The third kappa shape index (κ3) is 3.08. The van der Waals surface area contributed by atoms with Crippen molar-refractivity contribution >= 4 is 16.3 Å². The molecule has 1 aliphatic heterocycles. The first-order valence-electron chi connectivity index (χ1n) is 8.92. The van der Waals surface area contributed by atoms with Crippen LogP contribution >= 0.6 is 11.3 Å². The Labute approximate surface area is 154 Å². The molecule has 1 saturated heterocycles. The van der Waals surface area contributed by atoms with Crippen LogP contribution in [-0.4, -0.2) is 44.0 Å². The van der Waals surface area contributed by atoms with Crippen LogP contribution in [0.4, 0.5) is 4.39 Å². The number of benzene rings is 1. The number of aryl methyl sites for hydroxylation is 1. The molecule has 1 atom stereocenters. The van der Waals surface area contributed by atoms with Crippen LogP contribution in [0.1, 0.15) is 42.1 Å². The second-order valence-electron chi connectivity index (χ2n) is 6.74. The van der Waals surface area contributed by atoms with Crippen LogP contribution in [-0.2, 0) is 6.42 Å². The summed E-state index contributed by atoms with van der Waals surface area (Å²) in [6.45, 7) is 3.49. The molecule has 1 fully saturated rings. The summed E-state index contributed by atoms with van der Waals surface area (Å²) in [5, 5.41) is 25.0. The second-order valence-corrected chi connectivity index (χ2v) is 7.75. The number of aromatic nitrogens is 3. The molecule has 0 saturated carbocycles. The highest BCUT2D eigenvalue weighted by atomic mass is 32.1. The highest BCUT2D eigenvalue weighted by Crippen LogP contribution is 2.35. The van der Waals surface area contributed by atoms with Crippen molar-refractivity contribution in [3.05, 3.63) is 46.3 Å². The zero-order valence-corrected chi connectivity index (χ0v) is 15.3. The number of aliphatic hydroxyl groups is 1. The predicted molar refractivity (Wildman–Crippen MR) is 96.1 cm³/mol. The Balaban J connectivity index is 1.79. The molecule has 4 rings (SSSR count). The van der Waals surface area contributed by atoms with E-state index in [1.165, 1.54) is 32.9 Å². The molecule has 3 N–H and O–H groups in total. The third-order valence-electron chi connectivity index (χ3n) is 5.01. The van der Waals surface area contributed by atoms with Crippen molar-refractivity contribution in [2.24, 2.45) is 0 Å². The minimum absolute atomic E-state index is 0.0742. The number of aliphatic hydroxyl groups excluding tert-OH is 1. The van der Waals surface area contributed by atoms with E-state index in [1.54, 1.807) is 6.07 Å². The summed E-state index contributed by atoms with van der Waals surface area (Å²) in [5.74, 6) is 0.468. The predicted octanol–water partition coefficient (Wildman–Crippen LogP) is 1.33. The van der Waals surface area contributed by atoms with E-state index in [1.807, 2.05) is 13.0 Å². The monoisotopic (exact) mass is 377 g/mol. The molecule has 0 bridgehead atoms. The van der Waals surface area contributed by atoms with Crippen LogP contribution < -0.4 is 4.90 Å². The van der Waals surface area contributed by atoms with E-state index in [4.69, 9.17) is 0 Å². The van der Waals surface area contributed by atoms with Crippen LogP contribution in [0.3, 0.4) is 0 Å². The molecule has 3 heterocycles. The van der Waals surface area contributed by atoms with Gasteiger partial charge in [0, 0.05) is 24.8 Å². The van der Waals surface area contributed by atoms with Gasteiger partial charge in [-0.3, -0.25) is 0 Å². The van der Waals surface area contributed by atoms with Crippen LogP contribution in [0.5, 0.6) is 5.88 Å². The Hall–Kier alpha value is -2.03. The zero-order valence-electron chi connectivity index (χ0n) is 14.5. The number of halogens is 1. The van der Waals surface area contributed by atoms with Crippen molar-refractivity contribution in [3.63, 3.8) is 0 Å². The molecule has 1 aliphatic rings. The first-order valence-corrected chi connectivity index (χ1v) is 9.74. The fourth-order valence-electron chi connectivity index (χ4n) is 3.65. The number of rotatable bonds is 4. The first kappa shape index (κ1) is 17.4. The van der Waals surface area contributed by atoms with Gasteiger partial charge >= 0.3 is 0 Å². The summed E-state index contributed by atoms with van der Waals surface area (Å²) in [7, 11) is 0. The molecule has 0 amide bonds. The number of hydrogen-bond acceptors (Lipinski definition) is 5. The topological polar surface area (TPSA) is 75.1 Å². The third-order valence-corrected chi connectivity index (χ3v) is 6.09. The highest BCUT2D eigenvalue weighted by Gasteiger charge is 2.35. The molecule has 1 aromatic carbocycles. The largest absolute Gasteiger partial charge is 0.492 e. The van der Waals surface area contributed by atoms with E-state index in [0.29, 0.717) is 30.0 Å². The van der Waals surface area contributed by atoms with Crippen molar-refractivity contribution in [3.8, 4) is 5.88 Å². The fourth-order valence-corrected chi connectivity index (χ4v) is 4.81. The number of quaternary nitrogens is 1. The van der Waals surface area contributed by atoms with Crippen molar-refractivity contribution in [1.82, 2.24) is 14.6 Å². The second kappa shape index (κ2) is 6.94. The maximum atomic E-state index is 13.9. The Morgan fingerprint density at radius 2 is 2.15 bits per heavy atom. The van der Waals surface area contributed by atoms with Gasteiger partial charge in [0.25, 0.3) is 0 Å². The number of fused-ring (bicyclic) bond motifs is 1. The normalized spacial score (nSPS) is 22.0. The van der Waals surface area contributed by atoms with Gasteiger partial charge in [-0.1, -0.05) is 30.4 Å². The van der Waals surface area contributed by atoms with Crippen LogP contribution in [0.25, 0.3) is 4.96 Å². The van der Waals surface area contributed by atoms with E-state index in [2.05, 4.69) is 10.1 Å². The number of piperidine rings is 1. The molecule has 0 spiro atoms. The summed E-state index contributed by atoms with van der Waals surface area (Å²) in [6.07, 6.45) is 1.81. The average Bonchev–Trinajstić information content (AvgIpc) is 3.17. The van der Waals surface area contributed by atoms with E-state index in [-0.39, 0.29) is 23.8 Å². The lowest BCUT2D eigenvalue weighted by Crippen LogP contribution is -3.13. The molecule has 26 heavy (non-hydrogen) atoms. The average molecular weight is 377 g/mol. The van der Waals surface area contributed by atoms with E-state index in [9.17, 15) is 14.6 Å². The summed E-state index contributed by atoms with van der Waals surface area (Å²) in [6, 6.07) is 6.32. The number of likely N-dealkylation sites (tertiary alicyclic amines) is 1. The lowest BCUT2D eigenvalue weighted by molar-refractivity contribution is -0.931. The minimum atomic E-state index is -0.295. The van der Waals surface area contributed by atoms with E-state index >= 15 is 0 Å². The fraction of sp³-hybridized carbons (Fsp3) is 0.444. The Morgan fingerprint density at radius 3 is 2.81 bits per heavy atom. The summed E-state index contributed by atoms with van der Waals surface area (Å²) >= 11 is 1.40. The Morgan fingerprint density at radius 1 is 1.38 bits per heavy atom. The number of aromatic hydroxyl groups is 1. The van der Waals surface area contributed by atoms with Gasteiger partial charge in [0.1, 0.15) is 10.7 Å². The lowest BCUT2D eigenvalue weighted by atomic mass is 9.99. The summed E-state index contributed by atoms with van der Waals surface area (Å²) in [4.78, 5) is 7.04. The van der Waals surface area contributed by atoms with Gasteiger partial charge in [0.2, 0.25) is 10.8 Å². The maximum absolute atomic E-state index is 13.9. The maximum Gasteiger partial charge on any atom is 0.235 e. The molecule has 3 aromatic rings. The molecule has 6 nitrogen and oxygen atoms in total. The molecule has 2 aromatic heterocycles. The minimum Gasteiger partial charge on any atom is -0.492 e. The van der Waals surface area contributed by atoms with E-state index < -0.39 is 0 Å². The molecule has 0 aliphatic carbocycles. The zero-order chi connectivity index (χ0) is 18.3. The van der Waals surface area contributed by atoms with Gasteiger partial charge in [-0.2, -0.15) is 4.52 Å². The molecular weight excluding hydrogens is 355 g/mol. The number of thiazole rings is 1. The van der Waals surface area contributed by atoms with Crippen molar-refractivity contribution in [2.45, 2.75) is 38.3 Å². The lowest BCUT2D eigenvalue weighted by Gasteiger charge is -2.33. The van der Waals surface area contributed by atoms with Crippen LogP contribution in [0.15, 0.2) is 24.3 Å². The molecular formula is C18H22FN4O2S+. The standard InChI is InChI=1S/C18H21FN4O2S/c1-2-14-20-18-23(21-14)17(25)16(26-18)15(11-4-3-5-12(19)10-11)22-8-6-13(24)7-9-22/h3-5,10,13,15,24-25H,2,6-9H2,1H3/p+1/t15-/m0/s1. The van der Waals surface area contributed by atoms with Gasteiger partial charge in [0.05, 0.1) is 19.2 Å². The SMILES string of the molecule is CCc1nc2sc([C@H](c3cccc(F)c3)[NH+]3CCC(O)CC3)c(O)n2n1. The number of nitrogens with one attached hydrogen (secondary N) is 1. The van der Waals surface area contributed by atoms with Gasteiger partial charge < -0.3 is 15.1 Å². The van der Waals surface area contributed by atoms with Crippen molar-refractivity contribution in [1.29, 1.82) is 0 Å². The molecule has 0 radical (unpaired) electrons. The van der Waals surface area contributed by atoms with Gasteiger partial charge in [0.15, 0.2) is 11.9 Å². The van der Waals surface area contributed by atoms with Crippen molar-refractivity contribution in [2.75, 3.05) is 13.1 Å². The smallest absolute Gasteiger partial charge is 0.235 e. The first-order chi connectivity index (χ1) is 12.6. The van der Waals surface area contributed by atoms with Crippen LogP contribution in [0, 0.1) is 5.82 Å². The molecule has 138 valence electrons. The van der Waals surface area contributed by atoms with Crippen molar-refractivity contribution < 1.29 is 19.5 Å². The number of hydrogen-bond donors (Lipinski definition) is 3. The summed E-state index contributed by atoms with van der Waals surface area (Å²) < 4.78 is 15.4. The van der Waals surface area contributed by atoms with Gasteiger partial charge in [-0.15, -0.1) is 5.10 Å². The van der Waals surface area contributed by atoms with Crippen LogP contribution in [0.2, 0.25) is 0 Å². The molecule has 0 unspecified atom stereocenters. The number of nitrogens with zero attached hydrogens (tertiary/aromatic N) is 3. The summed E-state index contributed by atoms with van der Waals surface area (Å²) in [5.41, 5.74) is 0.812. The van der Waals surface area contributed by atoms with E-state index in [0.717, 1.165) is 23.5 Å². The Bertz CT molecular complexity index is 917. The van der Waals surface area contributed by atoms with Gasteiger partial charge in [-0.25, -0.2) is 9.37 Å². The Kier molecular flexibility index (Phi) is 4.64. The quantitative estimate of drug-likeness (QED) is 0.641.